The van der Waals surface area contributed by atoms with Crippen LogP contribution in [0, 0.1) is 0 Å². The van der Waals surface area contributed by atoms with Crippen molar-refractivity contribution in [3.8, 4) is 5.75 Å². The summed E-state index contributed by atoms with van der Waals surface area (Å²) >= 11 is 6.22. The van der Waals surface area contributed by atoms with E-state index in [9.17, 15) is 4.79 Å². The van der Waals surface area contributed by atoms with E-state index in [1.807, 2.05) is 35.8 Å². The highest BCUT2D eigenvalue weighted by atomic mass is 79.9. The number of halogens is 1. The van der Waals surface area contributed by atoms with E-state index in [4.69, 9.17) is 4.74 Å². The number of thiophene rings is 1. The van der Waals surface area contributed by atoms with Crippen LogP contribution in [0.2, 0.25) is 0 Å². The number of benzene rings is 1. The number of carbonyl (C=O) groups excluding carboxylic acids is 1. The quantitative estimate of drug-likeness (QED) is 0.551. The van der Waals surface area contributed by atoms with Crippen LogP contribution in [0.25, 0.3) is 10.2 Å². The standard InChI is InChI=1S/C17H15BrN2O2S2/c1-3-10-20-15-11(22-4-2)6-5-7-12(15)24-17(20)19-16(21)13-8-9-14(18)23-13/h3,5-9H,1,4,10H2,2H3. The Labute approximate surface area is 155 Å². The molecule has 0 unspecified atom stereocenters. The molecule has 0 saturated carbocycles. The largest absolute Gasteiger partial charge is 0.492 e. The first-order valence-corrected chi connectivity index (χ1v) is 9.77. The molecule has 1 aromatic carbocycles. The summed E-state index contributed by atoms with van der Waals surface area (Å²) in [5, 5.41) is 0. The van der Waals surface area contributed by atoms with E-state index in [1.165, 1.54) is 22.7 Å². The molecule has 4 nitrogen and oxygen atoms in total. The third kappa shape index (κ3) is 3.38. The number of ether oxygens (including phenoxy) is 1. The minimum Gasteiger partial charge on any atom is -0.492 e. The Hall–Kier alpha value is -1.70. The molecular weight excluding hydrogens is 408 g/mol. The molecule has 0 aliphatic heterocycles. The smallest absolute Gasteiger partial charge is 0.289 e. The molecule has 0 bridgehead atoms. The summed E-state index contributed by atoms with van der Waals surface area (Å²) in [5.41, 5.74) is 0.947. The molecular formula is C17H15BrN2O2S2. The first kappa shape index (κ1) is 17.1. The van der Waals surface area contributed by atoms with Crippen molar-refractivity contribution in [2.24, 2.45) is 4.99 Å². The number of hydrogen-bond donors (Lipinski definition) is 0. The first-order valence-electron chi connectivity index (χ1n) is 7.34. The molecule has 2 heterocycles. The highest BCUT2D eigenvalue weighted by molar-refractivity contribution is 9.11. The van der Waals surface area contributed by atoms with Crippen LogP contribution >= 0.6 is 38.6 Å². The van der Waals surface area contributed by atoms with Crippen molar-refractivity contribution in [1.82, 2.24) is 4.57 Å². The Morgan fingerprint density at radius 1 is 1.38 bits per heavy atom. The van der Waals surface area contributed by atoms with Crippen LogP contribution in [-0.2, 0) is 6.54 Å². The predicted octanol–water partition coefficient (Wildman–Crippen LogP) is 4.85. The maximum absolute atomic E-state index is 12.4. The van der Waals surface area contributed by atoms with Gasteiger partial charge in [0.05, 0.1) is 20.0 Å². The normalized spacial score (nSPS) is 11.8. The number of carbonyl (C=O) groups is 1. The van der Waals surface area contributed by atoms with Gasteiger partial charge in [0.1, 0.15) is 11.3 Å². The van der Waals surface area contributed by atoms with Gasteiger partial charge in [-0.25, -0.2) is 0 Å². The molecule has 3 rings (SSSR count). The maximum Gasteiger partial charge on any atom is 0.289 e. The van der Waals surface area contributed by atoms with Gasteiger partial charge in [-0.3, -0.25) is 4.79 Å². The Kier molecular flexibility index (Phi) is 5.33. The number of aromatic nitrogens is 1. The molecule has 0 fully saturated rings. The average molecular weight is 423 g/mol. The van der Waals surface area contributed by atoms with Gasteiger partial charge in [-0.05, 0) is 47.1 Å². The molecule has 7 heteroatoms. The van der Waals surface area contributed by atoms with Crippen LogP contribution < -0.4 is 9.54 Å². The van der Waals surface area contributed by atoms with Gasteiger partial charge < -0.3 is 9.30 Å². The second-order valence-electron chi connectivity index (χ2n) is 4.84. The Morgan fingerprint density at radius 3 is 2.88 bits per heavy atom. The van der Waals surface area contributed by atoms with Gasteiger partial charge in [-0.15, -0.1) is 17.9 Å². The highest BCUT2D eigenvalue weighted by Gasteiger charge is 2.13. The SMILES string of the molecule is C=CCn1c(=NC(=O)c2ccc(Br)s2)sc2cccc(OCC)c21. The summed E-state index contributed by atoms with van der Waals surface area (Å²) in [5.74, 6) is 0.550. The topological polar surface area (TPSA) is 43.6 Å². The van der Waals surface area contributed by atoms with Crippen molar-refractivity contribution >= 4 is 54.7 Å². The molecule has 0 saturated heterocycles. The fourth-order valence-corrected chi connectivity index (χ4v) is 4.65. The zero-order valence-electron chi connectivity index (χ0n) is 13.0. The van der Waals surface area contributed by atoms with Gasteiger partial charge in [0.15, 0.2) is 4.80 Å². The average Bonchev–Trinajstić information content (AvgIpc) is 3.13. The lowest BCUT2D eigenvalue weighted by Crippen LogP contribution is -2.16. The van der Waals surface area contributed by atoms with Crippen LogP contribution in [0.3, 0.4) is 0 Å². The lowest BCUT2D eigenvalue weighted by Gasteiger charge is -2.07. The van der Waals surface area contributed by atoms with E-state index < -0.39 is 0 Å². The second kappa shape index (κ2) is 7.46. The Bertz CT molecular complexity index is 969. The van der Waals surface area contributed by atoms with E-state index in [1.54, 1.807) is 12.1 Å². The molecule has 24 heavy (non-hydrogen) atoms. The maximum atomic E-state index is 12.4. The van der Waals surface area contributed by atoms with E-state index in [2.05, 4.69) is 27.5 Å². The molecule has 0 radical (unpaired) electrons. The van der Waals surface area contributed by atoms with Crippen LogP contribution in [0.4, 0.5) is 0 Å². The first-order chi connectivity index (χ1) is 11.6. The van der Waals surface area contributed by atoms with Crippen molar-refractivity contribution in [2.75, 3.05) is 6.61 Å². The van der Waals surface area contributed by atoms with E-state index in [0.29, 0.717) is 22.8 Å². The lowest BCUT2D eigenvalue weighted by atomic mass is 10.3. The molecule has 3 aromatic rings. The molecule has 0 N–H and O–H groups in total. The summed E-state index contributed by atoms with van der Waals surface area (Å²) in [4.78, 5) is 18.0. The van der Waals surface area contributed by atoms with Gasteiger partial charge in [0, 0.05) is 6.54 Å². The van der Waals surface area contributed by atoms with Crippen molar-refractivity contribution in [3.05, 3.63) is 56.5 Å². The molecule has 0 atom stereocenters. The van der Waals surface area contributed by atoms with Gasteiger partial charge in [-0.2, -0.15) is 4.99 Å². The van der Waals surface area contributed by atoms with Crippen molar-refractivity contribution in [3.63, 3.8) is 0 Å². The number of amides is 1. The van der Waals surface area contributed by atoms with Gasteiger partial charge in [0.25, 0.3) is 5.91 Å². The molecule has 0 aliphatic carbocycles. The highest BCUT2D eigenvalue weighted by Crippen LogP contribution is 2.28. The third-order valence-electron chi connectivity index (χ3n) is 3.26. The molecule has 2 aromatic heterocycles. The number of hydrogen-bond acceptors (Lipinski definition) is 4. The Morgan fingerprint density at radius 2 is 2.21 bits per heavy atom. The fraction of sp³-hybridized carbons (Fsp3) is 0.176. The minimum atomic E-state index is -0.243. The monoisotopic (exact) mass is 422 g/mol. The van der Waals surface area contributed by atoms with Gasteiger partial charge >= 0.3 is 0 Å². The van der Waals surface area contributed by atoms with Crippen molar-refractivity contribution in [1.29, 1.82) is 0 Å². The number of allylic oxidation sites excluding steroid dienone is 1. The summed E-state index contributed by atoms with van der Waals surface area (Å²) < 4.78 is 9.65. The predicted molar refractivity (Wildman–Crippen MR) is 103 cm³/mol. The summed E-state index contributed by atoms with van der Waals surface area (Å²) in [7, 11) is 0. The van der Waals surface area contributed by atoms with Crippen LogP contribution in [0.5, 0.6) is 5.75 Å². The third-order valence-corrected chi connectivity index (χ3v) is 5.91. The number of thiazole rings is 1. The van der Waals surface area contributed by atoms with Gasteiger partial charge in [-0.1, -0.05) is 23.5 Å². The lowest BCUT2D eigenvalue weighted by molar-refractivity contribution is 0.100. The summed E-state index contributed by atoms with van der Waals surface area (Å²) in [6.45, 7) is 6.90. The van der Waals surface area contributed by atoms with Crippen molar-refractivity contribution < 1.29 is 9.53 Å². The fourth-order valence-electron chi connectivity index (χ4n) is 2.32. The zero-order valence-corrected chi connectivity index (χ0v) is 16.2. The van der Waals surface area contributed by atoms with E-state index in [-0.39, 0.29) is 5.91 Å². The minimum absolute atomic E-state index is 0.243. The van der Waals surface area contributed by atoms with Crippen LogP contribution in [0.15, 0.2) is 51.8 Å². The Balaban J connectivity index is 2.18. The van der Waals surface area contributed by atoms with E-state index >= 15 is 0 Å². The number of nitrogens with zero attached hydrogens (tertiary/aromatic N) is 2. The summed E-state index contributed by atoms with van der Waals surface area (Å²) in [6, 6.07) is 9.51. The molecule has 0 aliphatic rings. The van der Waals surface area contributed by atoms with Crippen LogP contribution in [-0.4, -0.2) is 17.1 Å². The van der Waals surface area contributed by atoms with Gasteiger partial charge in [0.2, 0.25) is 0 Å². The van der Waals surface area contributed by atoms with Crippen molar-refractivity contribution in [2.45, 2.75) is 13.5 Å². The number of para-hydroxylation sites is 1. The summed E-state index contributed by atoms with van der Waals surface area (Å²) in [6.07, 6.45) is 1.79. The second-order valence-corrected chi connectivity index (χ2v) is 8.31. The molecule has 1 amide bonds. The molecule has 0 spiro atoms. The van der Waals surface area contributed by atoms with Crippen LogP contribution in [0.1, 0.15) is 16.6 Å². The van der Waals surface area contributed by atoms with E-state index in [0.717, 1.165) is 19.8 Å². The molecule has 124 valence electrons. The zero-order chi connectivity index (χ0) is 17.1. The number of rotatable bonds is 5. The number of fused-ring (bicyclic) bond motifs is 1.